The quantitative estimate of drug-likeness (QED) is 0.127. The first-order valence-corrected chi connectivity index (χ1v) is 16.7. The van der Waals surface area contributed by atoms with Crippen molar-refractivity contribution in [2.45, 2.75) is 57.8 Å². The van der Waals surface area contributed by atoms with Crippen molar-refractivity contribution in [2.24, 2.45) is 11.1 Å². The fourth-order valence-corrected chi connectivity index (χ4v) is 6.09. The van der Waals surface area contributed by atoms with Crippen LogP contribution in [-0.4, -0.2) is 34.3 Å². The van der Waals surface area contributed by atoms with Gasteiger partial charge in [0.05, 0.1) is 11.4 Å². The van der Waals surface area contributed by atoms with Crippen molar-refractivity contribution >= 4 is 27.3 Å². The second-order valence-electron chi connectivity index (χ2n) is 11.0. The van der Waals surface area contributed by atoms with E-state index in [1.807, 2.05) is 19.9 Å². The van der Waals surface area contributed by atoms with E-state index in [0.29, 0.717) is 45.6 Å². The van der Waals surface area contributed by atoms with Crippen LogP contribution in [0.1, 0.15) is 67.3 Å². The number of nitrogens with zero attached hydrogens (tertiary/aromatic N) is 3. The number of carboxylic acids is 1. The smallest absolute Gasteiger partial charge is 0.355 e. The number of sulfonamides is 1. The van der Waals surface area contributed by atoms with Crippen LogP contribution in [0.5, 0.6) is 5.75 Å². The number of allylic oxidation sites excluding steroid dienone is 4. The Hall–Kier alpha value is -4.20. The Balaban J connectivity index is 1.65. The molecule has 5 rings (SSSR count). The number of nitrogens with two attached hydrogens (primary N) is 1. The van der Waals surface area contributed by atoms with Gasteiger partial charge in [-0.2, -0.15) is 5.10 Å². The summed E-state index contributed by atoms with van der Waals surface area (Å²) in [6.45, 7) is 5.74. The summed E-state index contributed by atoms with van der Waals surface area (Å²) in [4.78, 5) is 15.3. The SMILES string of the molecule is CC/C(C)=C\C=C(/C)Oc1cc(-c2nn(-c3nc(C(=O)O)cs3)c(CC3CC3)c2Cc2ccc(S(N)(=O)=O)c(F)c2)ccc1F. The van der Waals surface area contributed by atoms with E-state index in [9.17, 15) is 27.1 Å². The van der Waals surface area contributed by atoms with Gasteiger partial charge in [0.25, 0.3) is 0 Å². The van der Waals surface area contributed by atoms with Gasteiger partial charge in [-0.25, -0.2) is 36.8 Å². The van der Waals surface area contributed by atoms with E-state index in [-0.39, 0.29) is 17.9 Å². The van der Waals surface area contributed by atoms with Crippen LogP contribution in [0.4, 0.5) is 8.78 Å². The fourth-order valence-electron chi connectivity index (χ4n) is 4.73. The van der Waals surface area contributed by atoms with E-state index in [1.54, 1.807) is 23.7 Å². The highest BCUT2D eigenvalue weighted by Crippen LogP contribution is 2.39. The van der Waals surface area contributed by atoms with Gasteiger partial charge in [0.2, 0.25) is 15.2 Å². The molecule has 236 valence electrons. The first-order valence-electron chi connectivity index (χ1n) is 14.3. The molecule has 2 aromatic heterocycles. The molecule has 0 atom stereocenters. The third-order valence-electron chi connectivity index (χ3n) is 7.48. The molecule has 0 amide bonds. The summed E-state index contributed by atoms with van der Waals surface area (Å²) >= 11 is 1.12. The lowest BCUT2D eigenvalue weighted by atomic mass is 9.96. The average Bonchev–Trinajstić information content (AvgIpc) is 3.54. The Kier molecular flexibility index (Phi) is 9.33. The molecule has 0 spiro atoms. The maximum Gasteiger partial charge on any atom is 0.355 e. The van der Waals surface area contributed by atoms with Crippen molar-refractivity contribution in [3.8, 4) is 22.1 Å². The number of rotatable bonds is 12. The maximum atomic E-state index is 15.0. The normalized spacial score (nSPS) is 14.2. The van der Waals surface area contributed by atoms with Gasteiger partial charge in [0.15, 0.2) is 17.3 Å². The van der Waals surface area contributed by atoms with Crippen molar-refractivity contribution in [1.29, 1.82) is 0 Å². The number of primary sulfonamides is 1. The highest BCUT2D eigenvalue weighted by Gasteiger charge is 2.30. The first-order chi connectivity index (χ1) is 21.3. The summed E-state index contributed by atoms with van der Waals surface area (Å²) in [5.41, 5.74) is 3.86. The predicted molar refractivity (Wildman–Crippen MR) is 167 cm³/mol. The summed E-state index contributed by atoms with van der Waals surface area (Å²) in [6.07, 6.45) is 7.28. The molecule has 3 N–H and O–H groups in total. The predicted octanol–water partition coefficient (Wildman–Crippen LogP) is 6.80. The fraction of sp³-hybridized carbons (Fsp3) is 0.281. The molecule has 13 heteroatoms. The number of aromatic nitrogens is 3. The zero-order chi connectivity index (χ0) is 32.5. The van der Waals surface area contributed by atoms with E-state index >= 15 is 0 Å². The molecular formula is C32H32F2N4O5S2. The van der Waals surface area contributed by atoms with Gasteiger partial charge in [-0.15, -0.1) is 11.3 Å². The third kappa shape index (κ3) is 7.55. The molecule has 0 bridgehead atoms. The zero-order valence-electron chi connectivity index (χ0n) is 24.9. The average molecular weight is 655 g/mol. The third-order valence-corrected chi connectivity index (χ3v) is 9.24. The largest absolute Gasteiger partial charge is 0.476 e. The Morgan fingerprint density at radius 2 is 1.91 bits per heavy atom. The minimum Gasteiger partial charge on any atom is -0.476 e. The van der Waals surface area contributed by atoms with E-state index in [1.165, 1.54) is 23.6 Å². The summed E-state index contributed by atoms with van der Waals surface area (Å²) in [7, 11) is -4.26. The van der Waals surface area contributed by atoms with Crippen LogP contribution in [0.15, 0.2) is 70.2 Å². The molecule has 1 saturated carbocycles. The number of hydrogen-bond donors (Lipinski definition) is 2. The standard InChI is InChI=1S/C32H32F2N4O5S2/c1-4-18(2)5-6-19(3)43-28-16-22(10-11-24(28)33)30-23(13-21-9-12-29(25(34)14-21)45(35,41)42)27(15-20-7-8-20)38(37-30)32-36-26(17-44-32)31(39)40/h5-6,9-12,14,16-17,20H,4,7-8,13,15H2,1-3H3,(H,39,40)(H2,35,41,42)/b18-5-,19-6+. The molecule has 2 aromatic carbocycles. The molecule has 45 heavy (non-hydrogen) atoms. The van der Waals surface area contributed by atoms with Crippen LogP contribution in [-0.2, 0) is 22.9 Å². The topological polar surface area (TPSA) is 137 Å². The molecule has 0 unspecified atom stereocenters. The summed E-state index contributed by atoms with van der Waals surface area (Å²) in [5.74, 6) is -1.90. The number of hydrogen-bond acceptors (Lipinski definition) is 7. The van der Waals surface area contributed by atoms with Gasteiger partial charge < -0.3 is 9.84 Å². The number of benzene rings is 2. The van der Waals surface area contributed by atoms with E-state index in [4.69, 9.17) is 15.0 Å². The van der Waals surface area contributed by atoms with Crippen LogP contribution in [0.3, 0.4) is 0 Å². The molecule has 4 aromatic rings. The Morgan fingerprint density at radius 1 is 1.16 bits per heavy atom. The van der Waals surface area contributed by atoms with Crippen LogP contribution < -0.4 is 9.88 Å². The molecule has 0 saturated heterocycles. The summed E-state index contributed by atoms with van der Waals surface area (Å²) in [5, 5.41) is 21.3. The van der Waals surface area contributed by atoms with Gasteiger partial charge >= 0.3 is 5.97 Å². The lowest BCUT2D eigenvalue weighted by molar-refractivity contribution is 0.0691. The van der Waals surface area contributed by atoms with Gasteiger partial charge in [-0.05, 0) is 87.4 Å². The molecule has 0 aliphatic heterocycles. The number of ether oxygens (including phenoxy) is 1. The number of thiazole rings is 1. The number of carbonyl (C=O) groups is 1. The minimum absolute atomic E-state index is 0.0148. The van der Waals surface area contributed by atoms with Crippen molar-refractivity contribution in [3.63, 3.8) is 0 Å². The molecule has 1 aliphatic rings. The van der Waals surface area contributed by atoms with Crippen LogP contribution in [0.2, 0.25) is 0 Å². The Labute approximate surface area is 263 Å². The van der Waals surface area contributed by atoms with Gasteiger partial charge in [0, 0.05) is 22.9 Å². The zero-order valence-corrected chi connectivity index (χ0v) is 26.5. The van der Waals surface area contributed by atoms with E-state index in [0.717, 1.165) is 54.0 Å². The highest BCUT2D eigenvalue weighted by molar-refractivity contribution is 7.89. The van der Waals surface area contributed by atoms with Crippen molar-refractivity contribution in [2.75, 3.05) is 0 Å². The lowest BCUT2D eigenvalue weighted by Crippen LogP contribution is -2.14. The van der Waals surface area contributed by atoms with Gasteiger partial charge in [-0.1, -0.05) is 24.6 Å². The Morgan fingerprint density at radius 3 is 2.53 bits per heavy atom. The molecule has 1 fully saturated rings. The second kappa shape index (κ2) is 13.0. The lowest BCUT2D eigenvalue weighted by Gasteiger charge is -2.11. The van der Waals surface area contributed by atoms with Gasteiger partial charge in [-0.3, -0.25) is 0 Å². The van der Waals surface area contributed by atoms with Crippen LogP contribution in [0, 0.1) is 17.6 Å². The van der Waals surface area contributed by atoms with E-state index < -0.39 is 32.5 Å². The molecule has 9 nitrogen and oxygen atoms in total. The maximum absolute atomic E-state index is 15.0. The highest BCUT2D eigenvalue weighted by atomic mass is 32.2. The minimum atomic E-state index is -4.26. The van der Waals surface area contributed by atoms with Crippen LogP contribution >= 0.6 is 11.3 Å². The van der Waals surface area contributed by atoms with Gasteiger partial charge in [0.1, 0.15) is 16.5 Å². The van der Waals surface area contributed by atoms with Crippen molar-refractivity contribution in [1.82, 2.24) is 14.8 Å². The summed E-state index contributed by atoms with van der Waals surface area (Å²) in [6, 6.07) is 8.10. The monoisotopic (exact) mass is 654 g/mol. The second-order valence-corrected chi connectivity index (χ2v) is 13.4. The number of carboxylic acid groups (broad SMARTS) is 1. The number of halogens is 2. The number of aromatic carboxylic acids is 1. The first kappa shape index (κ1) is 32.2. The van der Waals surface area contributed by atoms with Crippen molar-refractivity contribution in [3.05, 3.63) is 99.4 Å². The van der Waals surface area contributed by atoms with Crippen LogP contribution in [0.25, 0.3) is 16.4 Å². The molecular weight excluding hydrogens is 623 g/mol. The Bertz CT molecular complexity index is 1940. The molecule has 2 heterocycles. The summed E-state index contributed by atoms with van der Waals surface area (Å²) < 4.78 is 60.9. The molecule has 0 radical (unpaired) electrons. The van der Waals surface area contributed by atoms with E-state index in [2.05, 4.69) is 4.98 Å². The molecule has 1 aliphatic carbocycles. The van der Waals surface area contributed by atoms with Crippen molar-refractivity contribution < 1.29 is 31.8 Å².